The molecule has 1 aromatic carbocycles. The number of nitrogens with zero attached hydrogens (tertiary/aromatic N) is 5. The monoisotopic (exact) mass is 543 g/mol. The number of aromatic nitrogens is 2. The number of piperazine rings is 1. The molecule has 11 heteroatoms. The normalized spacial score (nSPS) is 17.1. The topological polar surface area (TPSA) is 93.7 Å². The number of carbonyl (C=O) groups excluding carboxylic acids is 2. The van der Waals surface area contributed by atoms with Crippen molar-refractivity contribution in [3.63, 3.8) is 0 Å². The minimum Gasteiger partial charge on any atom is -0.352 e. The van der Waals surface area contributed by atoms with Crippen molar-refractivity contribution in [3.8, 4) is 0 Å². The SMILES string of the molecule is CCN(CC)C(=O)CNc1nc2c(C)c3nc(NCC(=O)N4CCN(C5CCCC5)CC4)sc3cc2s1. The standard InChI is InChI=1S/C26H37N7O2S2/c1-4-31(5-2)21(34)15-27-25-29-23-17(3)24-20(14-19(23)36-25)37-26(30-24)28-16-22(35)33-12-10-32(11-13-33)18-8-6-7-9-18/h14,18H,4-13,15-16H2,1-3H3,(H,27,29)(H,28,30). The van der Waals surface area contributed by atoms with Crippen LogP contribution in [0.2, 0.25) is 0 Å². The van der Waals surface area contributed by atoms with Crippen LogP contribution in [0.4, 0.5) is 10.3 Å². The Balaban J connectivity index is 1.19. The zero-order valence-corrected chi connectivity index (χ0v) is 23.6. The number of nitrogens with one attached hydrogen (secondary N) is 2. The third kappa shape index (κ3) is 5.68. The highest BCUT2D eigenvalue weighted by Crippen LogP contribution is 2.37. The fraction of sp³-hybridized carbons (Fsp3) is 0.615. The van der Waals surface area contributed by atoms with E-state index in [4.69, 9.17) is 9.97 Å². The van der Waals surface area contributed by atoms with Crippen molar-refractivity contribution in [2.75, 3.05) is 63.0 Å². The number of hydrogen-bond acceptors (Lipinski definition) is 9. The van der Waals surface area contributed by atoms with E-state index in [0.29, 0.717) is 13.1 Å². The van der Waals surface area contributed by atoms with Gasteiger partial charge in [-0.25, -0.2) is 9.97 Å². The van der Waals surface area contributed by atoms with Gasteiger partial charge in [0.2, 0.25) is 11.8 Å². The number of likely N-dealkylation sites (N-methyl/N-ethyl adjacent to an activating group) is 1. The number of benzene rings is 1. The highest BCUT2D eigenvalue weighted by molar-refractivity contribution is 7.24. The summed E-state index contributed by atoms with van der Waals surface area (Å²) in [4.78, 5) is 41.0. The molecule has 3 aromatic rings. The van der Waals surface area contributed by atoms with Crippen LogP contribution in [0.5, 0.6) is 0 Å². The first-order valence-electron chi connectivity index (χ1n) is 13.4. The van der Waals surface area contributed by atoms with Crippen molar-refractivity contribution in [2.45, 2.75) is 52.5 Å². The molecule has 1 saturated heterocycles. The van der Waals surface area contributed by atoms with E-state index in [2.05, 4.69) is 21.6 Å². The summed E-state index contributed by atoms with van der Waals surface area (Å²) in [7, 11) is 0. The summed E-state index contributed by atoms with van der Waals surface area (Å²) in [6.45, 7) is 11.5. The molecule has 5 rings (SSSR count). The number of anilines is 2. The minimum atomic E-state index is 0.0737. The average Bonchev–Trinajstić information content (AvgIpc) is 3.67. The molecule has 0 radical (unpaired) electrons. The summed E-state index contributed by atoms with van der Waals surface area (Å²) < 4.78 is 2.13. The zero-order chi connectivity index (χ0) is 25.9. The van der Waals surface area contributed by atoms with E-state index in [1.165, 1.54) is 25.7 Å². The summed E-state index contributed by atoms with van der Waals surface area (Å²) in [6.07, 6.45) is 5.32. The molecule has 1 aliphatic carbocycles. The van der Waals surface area contributed by atoms with Crippen LogP contribution in [0.25, 0.3) is 20.4 Å². The molecule has 1 aliphatic heterocycles. The number of thiazole rings is 2. The van der Waals surface area contributed by atoms with Gasteiger partial charge in [0, 0.05) is 50.9 Å². The molecule has 0 unspecified atom stereocenters. The number of aryl methyl sites for hydroxylation is 1. The molecule has 0 atom stereocenters. The number of rotatable bonds is 9. The zero-order valence-electron chi connectivity index (χ0n) is 22.0. The number of fused-ring (bicyclic) bond motifs is 2. The van der Waals surface area contributed by atoms with Gasteiger partial charge in [-0.15, -0.1) is 0 Å². The second-order valence-electron chi connectivity index (χ2n) is 9.86. The molecule has 37 heavy (non-hydrogen) atoms. The molecule has 2 fully saturated rings. The van der Waals surface area contributed by atoms with Gasteiger partial charge >= 0.3 is 0 Å². The predicted molar refractivity (Wildman–Crippen MR) is 153 cm³/mol. The molecule has 3 heterocycles. The van der Waals surface area contributed by atoms with E-state index in [1.54, 1.807) is 27.6 Å². The van der Waals surface area contributed by atoms with Crippen LogP contribution in [0, 0.1) is 6.92 Å². The summed E-state index contributed by atoms with van der Waals surface area (Å²) in [5.41, 5.74) is 2.84. The molecule has 0 bridgehead atoms. The smallest absolute Gasteiger partial charge is 0.242 e. The molecule has 2 amide bonds. The Kier molecular flexibility index (Phi) is 8.11. The molecule has 2 aromatic heterocycles. The number of amides is 2. The highest BCUT2D eigenvalue weighted by Gasteiger charge is 2.27. The summed E-state index contributed by atoms with van der Waals surface area (Å²) >= 11 is 3.12. The Labute approximate surface area is 226 Å². The molecule has 1 saturated carbocycles. The maximum atomic E-state index is 12.8. The fourth-order valence-electron chi connectivity index (χ4n) is 5.49. The lowest BCUT2D eigenvalue weighted by molar-refractivity contribution is -0.131. The Morgan fingerprint density at radius 2 is 1.51 bits per heavy atom. The van der Waals surface area contributed by atoms with Gasteiger partial charge in [0.25, 0.3) is 0 Å². The summed E-state index contributed by atoms with van der Waals surface area (Å²) in [5, 5.41) is 7.97. The van der Waals surface area contributed by atoms with Crippen molar-refractivity contribution in [1.29, 1.82) is 0 Å². The molecule has 2 aliphatic rings. The Bertz CT molecular complexity index is 1250. The molecule has 9 nitrogen and oxygen atoms in total. The third-order valence-electron chi connectivity index (χ3n) is 7.69. The fourth-order valence-corrected chi connectivity index (χ4v) is 7.49. The van der Waals surface area contributed by atoms with Crippen LogP contribution in [0.1, 0.15) is 45.1 Å². The van der Waals surface area contributed by atoms with Crippen LogP contribution >= 0.6 is 22.7 Å². The second kappa shape index (κ2) is 11.5. The molecule has 200 valence electrons. The van der Waals surface area contributed by atoms with Crippen LogP contribution in [0.15, 0.2) is 6.07 Å². The van der Waals surface area contributed by atoms with Gasteiger partial charge in [0.05, 0.1) is 33.5 Å². The van der Waals surface area contributed by atoms with Crippen LogP contribution < -0.4 is 10.6 Å². The number of carbonyl (C=O) groups is 2. The second-order valence-corrected chi connectivity index (χ2v) is 11.9. The van der Waals surface area contributed by atoms with Crippen molar-refractivity contribution >= 4 is 65.2 Å². The first-order valence-corrected chi connectivity index (χ1v) is 15.1. The van der Waals surface area contributed by atoms with E-state index >= 15 is 0 Å². The van der Waals surface area contributed by atoms with Gasteiger partial charge < -0.3 is 20.4 Å². The molecular weight excluding hydrogens is 506 g/mol. The maximum Gasteiger partial charge on any atom is 0.242 e. The van der Waals surface area contributed by atoms with Gasteiger partial charge in [0.1, 0.15) is 0 Å². The molecular formula is C26H37N7O2S2. The summed E-state index contributed by atoms with van der Waals surface area (Å²) in [5.74, 6) is 0.212. The minimum absolute atomic E-state index is 0.0737. The van der Waals surface area contributed by atoms with E-state index < -0.39 is 0 Å². The Morgan fingerprint density at radius 3 is 2.08 bits per heavy atom. The Morgan fingerprint density at radius 1 is 0.946 bits per heavy atom. The van der Waals surface area contributed by atoms with Gasteiger partial charge in [-0.3, -0.25) is 14.5 Å². The third-order valence-corrected chi connectivity index (χ3v) is 9.61. The largest absolute Gasteiger partial charge is 0.352 e. The molecule has 0 spiro atoms. The van der Waals surface area contributed by atoms with E-state index in [0.717, 1.165) is 68.5 Å². The van der Waals surface area contributed by atoms with E-state index in [9.17, 15) is 9.59 Å². The lowest BCUT2D eigenvalue weighted by Crippen LogP contribution is -2.52. The Hall–Kier alpha value is -2.50. The van der Waals surface area contributed by atoms with Crippen LogP contribution in [-0.2, 0) is 9.59 Å². The summed E-state index contributed by atoms with van der Waals surface area (Å²) in [6, 6.07) is 2.84. The van der Waals surface area contributed by atoms with Gasteiger partial charge in [0.15, 0.2) is 10.3 Å². The lowest BCUT2D eigenvalue weighted by Gasteiger charge is -2.38. The van der Waals surface area contributed by atoms with Crippen molar-refractivity contribution in [1.82, 2.24) is 24.7 Å². The lowest BCUT2D eigenvalue weighted by atomic mass is 10.2. The van der Waals surface area contributed by atoms with E-state index in [-0.39, 0.29) is 24.9 Å². The van der Waals surface area contributed by atoms with Gasteiger partial charge in [-0.1, -0.05) is 35.5 Å². The first kappa shape index (κ1) is 26.1. The van der Waals surface area contributed by atoms with E-state index in [1.807, 2.05) is 25.7 Å². The maximum absolute atomic E-state index is 12.8. The quantitative estimate of drug-likeness (QED) is 0.421. The van der Waals surface area contributed by atoms with Crippen molar-refractivity contribution in [2.24, 2.45) is 0 Å². The first-order chi connectivity index (χ1) is 18.0. The number of hydrogen-bond donors (Lipinski definition) is 2. The van der Waals surface area contributed by atoms with Crippen LogP contribution in [0.3, 0.4) is 0 Å². The van der Waals surface area contributed by atoms with Gasteiger partial charge in [-0.05, 0) is 39.7 Å². The molecule has 2 N–H and O–H groups in total. The van der Waals surface area contributed by atoms with Gasteiger partial charge in [-0.2, -0.15) is 0 Å². The van der Waals surface area contributed by atoms with Crippen molar-refractivity contribution < 1.29 is 9.59 Å². The predicted octanol–water partition coefficient (Wildman–Crippen LogP) is 3.99. The van der Waals surface area contributed by atoms with Crippen LogP contribution in [-0.4, -0.2) is 94.9 Å². The average molecular weight is 544 g/mol. The highest BCUT2D eigenvalue weighted by atomic mass is 32.1. The van der Waals surface area contributed by atoms with Crippen molar-refractivity contribution in [3.05, 3.63) is 11.6 Å².